The van der Waals surface area contributed by atoms with Gasteiger partial charge in [0.05, 0.1) is 16.6 Å². The Kier molecular flexibility index (Phi) is 2.33. The molecule has 3 heteroatoms. The normalized spacial score (nSPS) is 11.0. The van der Waals surface area contributed by atoms with E-state index in [1.807, 2.05) is 36.7 Å². The van der Waals surface area contributed by atoms with E-state index in [0.29, 0.717) is 0 Å². The average Bonchev–Trinajstić information content (AvgIpc) is 2.67. The molecular formula is C15H14N2O. The predicted octanol–water partition coefficient (Wildman–Crippen LogP) is 3.25. The number of hydrogen-bond donors (Lipinski definition) is 1. The molecule has 2 aromatic carbocycles. The predicted molar refractivity (Wildman–Crippen MR) is 72.6 cm³/mol. The quantitative estimate of drug-likeness (QED) is 0.706. The minimum atomic E-state index is 0.257. The molecule has 0 unspecified atom stereocenters. The van der Waals surface area contributed by atoms with Crippen LogP contribution >= 0.6 is 0 Å². The first-order valence-corrected chi connectivity index (χ1v) is 5.88. The molecule has 0 aliphatic rings. The van der Waals surface area contributed by atoms with Crippen LogP contribution in [-0.2, 0) is 7.05 Å². The molecule has 0 saturated carbocycles. The molecule has 0 fully saturated rings. The van der Waals surface area contributed by atoms with Crippen molar-refractivity contribution >= 4 is 11.0 Å². The lowest BCUT2D eigenvalue weighted by atomic mass is 10.2. The van der Waals surface area contributed by atoms with Gasteiger partial charge in [-0.2, -0.15) is 0 Å². The zero-order valence-corrected chi connectivity index (χ0v) is 10.4. The van der Waals surface area contributed by atoms with E-state index in [-0.39, 0.29) is 5.75 Å². The number of phenolic OH excluding ortho intramolecular Hbond substituents is 1. The van der Waals surface area contributed by atoms with E-state index in [4.69, 9.17) is 0 Å². The molecule has 0 aliphatic carbocycles. The molecule has 0 atom stereocenters. The summed E-state index contributed by atoms with van der Waals surface area (Å²) in [7, 11) is 1.96. The molecule has 18 heavy (non-hydrogen) atoms. The first-order chi connectivity index (χ1) is 8.66. The van der Waals surface area contributed by atoms with Crippen LogP contribution in [-0.4, -0.2) is 14.7 Å². The minimum Gasteiger partial charge on any atom is -0.507 e. The first kappa shape index (κ1) is 10.8. The minimum absolute atomic E-state index is 0.257. The molecular weight excluding hydrogens is 224 g/mol. The standard InChI is InChI=1S/C15H14N2O/c1-10-7-8-13-12(9-10)16-15(17(13)2)11-5-3-4-6-14(11)18/h3-9,18H,1-2H3. The molecule has 90 valence electrons. The van der Waals surface area contributed by atoms with Gasteiger partial charge >= 0.3 is 0 Å². The van der Waals surface area contributed by atoms with Crippen molar-refractivity contribution in [2.45, 2.75) is 6.92 Å². The van der Waals surface area contributed by atoms with E-state index in [1.54, 1.807) is 6.07 Å². The number of aromatic hydroxyl groups is 1. The molecule has 0 spiro atoms. The SMILES string of the molecule is Cc1ccc2c(c1)nc(-c1ccccc1O)n2C. The van der Waals surface area contributed by atoms with Crippen molar-refractivity contribution in [2.75, 3.05) is 0 Å². The van der Waals surface area contributed by atoms with Gasteiger partial charge in [-0.1, -0.05) is 18.2 Å². The largest absolute Gasteiger partial charge is 0.507 e. The van der Waals surface area contributed by atoms with Gasteiger partial charge in [-0.3, -0.25) is 0 Å². The highest BCUT2D eigenvalue weighted by atomic mass is 16.3. The fourth-order valence-corrected chi connectivity index (χ4v) is 2.21. The van der Waals surface area contributed by atoms with E-state index < -0.39 is 0 Å². The molecule has 1 N–H and O–H groups in total. The van der Waals surface area contributed by atoms with Crippen LogP contribution < -0.4 is 0 Å². The smallest absolute Gasteiger partial charge is 0.144 e. The first-order valence-electron chi connectivity index (χ1n) is 5.88. The molecule has 0 amide bonds. The highest BCUT2D eigenvalue weighted by Crippen LogP contribution is 2.30. The highest BCUT2D eigenvalue weighted by molar-refractivity contribution is 5.82. The number of aromatic nitrogens is 2. The van der Waals surface area contributed by atoms with Crippen LogP contribution in [0.4, 0.5) is 0 Å². The van der Waals surface area contributed by atoms with Crippen molar-refractivity contribution in [3.8, 4) is 17.1 Å². The summed E-state index contributed by atoms with van der Waals surface area (Å²) in [5, 5.41) is 9.91. The van der Waals surface area contributed by atoms with Crippen LogP contribution in [0.3, 0.4) is 0 Å². The maximum absolute atomic E-state index is 9.91. The Labute approximate surface area is 105 Å². The summed E-state index contributed by atoms with van der Waals surface area (Å²) in [5.74, 6) is 1.04. The molecule has 0 radical (unpaired) electrons. The van der Waals surface area contributed by atoms with Crippen LogP contribution in [0.15, 0.2) is 42.5 Å². The Morgan fingerprint density at radius 2 is 1.89 bits per heavy atom. The molecule has 0 saturated heterocycles. The summed E-state index contributed by atoms with van der Waals surface area (Å²) in [6.45, 7) is 2.05. The number of hydrogen-bond acceptors (Lipinski definition) is 2. The molecule has 3 nitrogen and oxygen atoms in total. The zero-order chi connectivity index (χ0) is 12.7. The lowest BCUT2D eigenvalue weighted by Gasteiger charge is -2.04. The molecule has 0 bridgehead atoms. The van der Waals surface area contributed by atoms with E-state index in [2.05, 4.69) is 23.2 Å². The second-order valence-electron chi connectivity index (χ2n) is 4.50. The third-order valence-corrected chi connectivity index (χ3v) is 3.18. The summed E-state index contributed by atoms with van der Waals surface area (Å²) < 4.78 is 2.00. The van der Waals surface area contributed by atoms with Gasteiger partial charge in [0.1, 0.15) is 11.6 Å². The van der Waals surface area contributed by atoms with Crippen LogP contribution in [0.25, 0.3) is 22.4 Å². The molecule has 0 aliphatic heterocycles. The fraction of sp³-hybridized carbons (Fsp3) is 0.133. The van der Waals surface area contributed by atoms with Crippen LogP contribution in [0.1, 0.15) is 5.56 Å². The lowest BCUT2D eigenvalue weighted by molar-refractivity contribution is 0.476. The second kappa shape index (κ2) is 3.88. The topological polar surface area (TPSA) is 38.1 Å². The van der Waals surface area contributed by atoms with Gasteiger partial charge in [0, 0.05) is 7.05 Å². The second-order valence-corrected chi connectivity index (χ2v) is 4.50. The maximum Gasteiger partial charge on any atom is 0.144 e. The van der Waals surface area contributed by atoms with Crippen molar-refractivity contribution in [3.63, 3.8) is 0 Å². The van der Waals surface area contributed by atoms with Crippen LogP contribution in [0.2, 0.25) is 0 Å². The Bertz CT molecular complexity index is 728. The van der Waals surface area contributed by atoms with Crippen molar-refractivity contribution in [1.29, 1.82) is 0 Å². The van der Waals surface area contributed by atoms with Gasteiger partial charge in [-0.15, -0.1) is 0 Å². The monoisotopic (exact) mass is 238 g/mol. The third kappa shape index (κ3) is 1.56. The molecule has 1 aromatic heterocycles. The lowest BCUT2D eigenvalue weighted by Crippen LogP contribution is -1.92. The van der Waals surface area contributed by atoms with Crippen molar-refractivity contribution in [3.05, 3.63) is 48.0 Å². The number of fused-ring (bicyclic) bond motifs is 1. The third-order valence-electron chi connectivity index (χ3n) is 3.18. The van der Waals surface area contributed by atoms with Gasteiger partial charge in [0.2, 0.25) is 0 Å². The van der Waals surface area contributed by atoms with Gasteiger partial charge in [0.25, 0.3) is 0 Å². The number of para-hydroxylation sites is 1. The van der Waals surface area contributed by atoms with Crippen molar-refractivity contribution in [2.24, 2.45) is 7.05 Å². The van der Waals surface area contributed by atoms with Gasteiger partial charge < -0.3 is 9.67 Å². The Morgan fingerprint density at radius 3 is 2.67 bits per heavy atom. The molecule has 3 aromatic rings. The van der Waals surface area contributed by atoms with E-state index in [9.17, 15) is 5.11 Å². The number of aryl methyl sites for hydroxylation is 2. The fourth-order valence-electron chi connectivity index (χ4n) is 2.21. The van der Waals surface area contributed by atoms with E-state index in [1.165, 1.54) is 5.56 Å². The number of nitrogens with zero attached hydrogens (tertiary/aromatic N) is 2. The molecule has 1 heterocycles. The van der Waals surface area contributed by atoms with Crippen molar-refractivity contribution in [1.82, 2.24) is 9.55 Å². The van der Waals surface area contributed by atoms with E-state index >= 15 is 0 Å². The average molecular weight is 238 g/mol. The Hall–Kier alpha value is -2.29. The number of phenols is 1. The molecule has 3 rings (SSSR count). The Balaban J connectivity index is 2.31. The summed E-state index contributed by atoms with van der Waals surface area (Å²) in [6.07, 6.45) is 0. The maximum atomic E-state index is 9.91. The number of rotatable bonds is 1. The van der Waals surface area contributed by atoms with Crippen LogP contribution in [0, 0.1) is 6.92 Å². The zero-order valence-electron chi connectivity index (χ0n) is 10.4. The summed E-state index contributed by atoms with van der Waals surface area (Å²) >= 11 is 0. The van der Waals surface area contributed by atoms with E-state index in [0.717, 1.165) is 22.4 Å². The van der Waals surface area contributed by atoms with Crippen LogP contribution in [0.5, 0.6) is 5.75 Å². The summed E-state index contributed by atoms with van der Waals surface area (Å²) in [6, 6.07) is 13.5. The van der Waals surface area contributed by atoms with Crippen molar-refractivity contribution < 1.29 is 5.11 Å². The number of imidazole rings is 1. The highest BCUT2D eigenvalue weighted by Gasteiger charge is 2.12. The summed E-state index contributed by atoms with van der Waals surface area (Å²) in [4.78, 5) is 4.61. The summed E-state index contributed by atoms with van der Waals surface area (Å²) in [5.41, 5.74) is 3.97. The number of benzene rings is 2. The van der Waals surface area contributed by atoms with Gasteiger partial charge in [-0.05, 0) is 36.8 Å². The van der Waals surface area contributed by atoms with Gasteiger partial charge in [-0.25, -0.2) is 4.98 Å². The van der Waals surface area contributed by atoms with Gasteiger partial charge in [0.15, 0.2) is 0 Å². The Morgan fingerprint density at radius 1 is 1.11 bits per heavy atom.